The molecule has 0 saturated carbocycles. The molecular weight excluding hydrogens is 385 g/mol. The number of aryl methyl sites for hydroxylation is 1. The second-order valence-electron chi connectivity index (χ2n) is 7.76. The quantitative estimate of drug-likeness (QED) is 0.541. The molecule has 4 aromatic heterocycles. The summed E-state index contributed by atoms with van der Waals surface area (Å²) in [4.78, 5) is 30.8. The first kappa shape index (κ1) is 18.7. The average molecular weight is 407 g/mol. The Morgan fingerprint density at radius 3 is 2.80 bits per heavy atom. The maximum Gasteiger partial charge on any atom is 0.260 e. The Bertz CT molecular complexity index is 1310. The summed E-state index contributed by atoms with van der Waals surface area (Å²) in [6.07, 6.45) is 7.25. The molecule has 9 heteroatoms. The van der Waals surface area contributed by atoms with Gasteiger partial charge in [-0.3, -0.25) is 4.79 Å². The number of halogens is 1. The van der Waals surface area contributed by atoms with Gasteiger partial charge in [0.15, 0.2) is 17.1 Å². The Balaban J connectivity index is 1.55. The summed E-state index contributed by atoms with van der Waals surface area (Å²) in [6, 6.07) is 3.55. The highest BCUT2D eigenvalue weighted by Crippen LogP contribution is 2.23. The van der Waals surface area contributed by atoms with E-state index in [9.17, 15) is 9.18 Å². The molecule has 5 rings (SSSR count). The Morgan fingerprint density at radius 1 is 1.20 bits per heavy atom. The van der Waals surface area contributed by atoms with E-state index in [-0.39, 0.29) is 17.0 Å². The van der Waals surface area contributed by atoms with Gasteiger partial charge >= 0.3 is 0 Å². The van der Waals surface area contributed by atoms with Crippen LogP contribution in [0.3, 0.4) is 0 Å². The van der Waals surface area contributed by atoms with Crippen molar-refractivity contribution >= 4 is 22.4 Å². The number of piperidine rings is 1. The molecule has 1 aliphatic heterocycles. The summed E-state index contributed by atoms with van der Waals surface area (Å²) < 4.78 is 16.0. The highest BCUT2D eigenvalue weighted by atomic mass is 19.1. The van der Waals surface area contributed by atoms with Crippen LogP contribution < -0.4 is 15.8 Å². The lowest BCUT2D eigenvalue weighted by Crippen LogP contribution is -2.41. The Morgan fingerprint density at radius 2 is 2.00 bits per heavy atom. The van der Waals surface area contributed by atoms with Crippen molar-refractivity contribution in [1.29, 1.82) is 0 Å². The zero-order chi connectivity index (χ0) is 20.8. The molecule has 0 aromatic carbocycles. The number of rotatable bonds is 3. The van der Waals surface area contributed by atoms with Gasteiger partial charge in [0.1, 0.15) is 5.82 Å². The van der Waals surface area contributed by atoms with E-state index < -0.39 is 5.82 Å². The molecule has 0 atom stereocenters. The maximum atomic E-state index is 14.4. The molecule has 4 aromatic rings. The third-order valence-electron chi connectivity index (χ3n) is 5.71. The first-order chi connectivity index (χ1) is 14.5. The highest BCUT2D eigenvalue weighted by Gasteiger charge is 2.19. The van der Waals surface area contributed by atoms with Crippen molar-refractivity contribution in [2.24, 2.45) is 0 Å². The first-order valence-electron chi connectivity index (χ1n) is 9.98. The van der Waals surface area contributed by atoms with Gasteiger partial charge in [-0.25, -0.2) is 19.3 Å². The Hall–Kier alpha value is -3.33. The van der Waals surface area contributed by atoms with Crippen molar-refractivity contribution in [3.8, 4) is 11.4 Å². The summed E-state index contributed by atoms with van der Waals surface area (Å²) in [5.74, 6) is -0.207. The lowest BCUT2D eigenvalue weighted by atomic mass is 10.0. The number of fused-ring (bicyclic) bond motifs is 2. The van der Waals surface area contributed by atoms with Crippen LogP contribution in [0.5, 0.6) is 0 Å². The van der Waals surface area contributed by atoms with E-state index in [2.05, 4.69) is 30.2 Å². The molecule has 0 radical (unpaired) electrons. The number of nitrogens with one attached hydrogen (secondary N) is 2. The summed E-state index contributed by atoms with van der Waals surface area (Å²) in [5, 5.41) is 3.77. The Labute approximate surface area is 171 Å². The monoisotopic (exact) mass is 407 g/mol. The minimum atomic E-state index is -0.477. The number of aromatic amines is 1. The number of aromatic nitrogens is 5. The normalized spacial score (nSPS) is 15.2. The van der Waals surface area contributed by atoms with Crippen LogP contribution in [0.15, 0.2) is 35.5 Å². The third-order valence-corrected chi connectivity index (χ3v) is 5.71. The van der Waals surface area contributed by atoms with E-state index >= 15 is 0 Å². The van der Waals surface area contributed by atoms with Crippen LogP contribution in [0.25, 0.3) is 28.1 Å². The number of anilines is 1. The molecule has 5 heterocycles. The van der Waals surface area contributed by atoms with Gasteiger partial charge in [0.25, 0.3) is 5.56 Å². The van der Waals surface area contributed by atoms with Crippen molar-refractivity contribution in [3.05, 3.63) is 52.6 Å². The third kappa shape index (κ3) is 3.21. The minimum absolute atomic E-state index is 0.239. The molecule has 0 aliphatic carbocycles. The van der Waals surface area contributed by atoms with Crippen molar-refractivity contribution in [2.45, 2.75) is 25.8 Å². The van der Waals surface area contributed by atoms with Crippen LogP contribution in [0.4, 0.5) is 10.1 Å². The van der Waals surface area contributed by atoms with Gasteiger partial charge in [-0.05, 0) is 45.0 Å². The van der Waals surface area contributed by atoms with Crippen LogP contribution in [-0.2, 0) is 0 Å². The lowest BCUT2D eigenvalue weighted by Gasteiger charge is -2.33. The fraction of sp³-hybridized carbons (Fsp3) is 0.333. The summed E-state index contributed by atoms with van der Waals surface area (Å²) in [5.41, 5.74) is 2.31. The lowest BCUT2D eigenvalue weighted by molar-refractivity contribution is 0.443. The number of pyridine rings is 2. The zero-order valence-corrected chi connectivity index (χ0v) is 16.8. The molecule has 30 heavy (non-hydrogen) atoms. The zero-order valence-electron chi connectivity index (χ0n) is 16.8. The van der Waals surface area contributed by atoms with Crippen LogP contribution in [0, 0.1) is 12.7 Å². The Kier molecular flexibility index (Phi) is 4.47. The predicted octanol–water partition coefficient (Wildman–Crippen LogP) is 2.27. The average Bonchev–Trinajstić information content (AvgIpc) is 3.14. The molecule has 0 unspecified atom stereocenters. The van der Waals surface area contributed by atoms with Crippen molar-refractivity contribution < 1.29 is 4.39 Å². The van der Waals surface area contributed by atoms with Crippen molar-refractivity contribution in [1.82, 2.24) is 29.7 Å². The van der Waals surface area contributed by atoms with Gasteiger partial charge < -0.3 is 19.6 Å². The molecule has 1 fully saturated rings. The van der Waals surface area contributed by atoms with Gasteiger partial charge in [-0.2, -0.15) is 0 Å². The summed E-state index contributed by atoms with van der Waals surface area (Å²) in [6.45, 7) is 3.77. The van der Waals surface area contributed by atoms with Crippen molar-refractivity contribution in [2.75, 3.05) is 25.0 Å². The number of nitrogens with zero attached hydrogens (tertiary/aromatic N) is 5. The van der Waals surface area contributed by atoms with Crippen LogP contribution >= 0.6 is 0 Å². The van der Waals surface area contributed by atoms with Gasteiger partial charge in [0.2, 0.25) is 0 Å². The smallest absolute Gasteiger partial charge is 0.260 e. The largest absolute Gasteiger partial charge is 0.370 e. The SMILES string of the molecule is Cc1cn2cc(-c3nc4ncc(N(C)C5CCNCC5)cc4c(=O)[nH]3)cc(F)c2n1. The van der Waals surface area contributed by atoms with Crippen LogP contribution in [0.2, 0.25) is 0 Å². The van der Waals surface area contributed by atoms with Gasteiger partial charge in [0.05, 0.1) is 23.0 Å². The van der Waals surface area contributed by atoms with E-state index in [0.717, 1.165) is 31.6 Å². The molecule has 0 bridgehead atoms. The molecule has 2 N–H and O–H groups in total. The molecule has 0 spiro atoms. The van der Waals surface area contributed by atoms with Crippen LogP contribution in [0.1, 0.15) is 18.5 Å². The predicted molar refractivity (Wildman–Crippen MR) is 113 cm³/mol. The fourth-order valence-corrected chi connectivity index (χ4v) is 4.05. The molecule has 1 aliphatic rings. The van der Waals surface area contributed by atoms with Crippen LogP contribution in [-0.4, -0.2) is 50.5 Å². The molecule has 154 valence electrons. The fourth-order valence-electron chi connectivity index (χ4n) is 4.05. The van der Waals surface area contributed by atoms with E-state index in [1.165, 1.54) is 6.07 Å². The second kappa shape index (κ2) is 7.17. The van der Waals surface area contributed by atoms with Gasteiger partial charge in [-0.15, -0.1) is 0 Å². The topological polar surface area (TPSA) is 91.2 Å². The van der Waals surface area contributed by atoms with E-state index in [4.69, 9.17) is 0 Å². The molecule has 0 amide bonds. The summed E-state index contributed by atoms with van der Waals surface area (Å²) >= 11 is 0. The van der Waals surface area contributed by atoms with E-state index in [1.807, 2.05) is 13.1 Å². The molecule has 1 saturated heterocycles. The van der Waals surface area contributed by atoms with Crippen molar-refractivity contribution in [3.63, 3.8) is 0 Å². The highest BCUT2D eigenvalue weighted by molar-refractivity contribution is 5.79. The first-order valence-corrected chi connectivity index (χ1v) is 9.98. The molecular formula is C21H22FN7O. The van der Waals surface area contributed by atoms with Gasteiger partial charge in [-0.1, -0.05) is 0 Å². The maximum absolute atomic E-state index is 14.4. The van der Waals surface area contributed by atoms with E-state index in [0.29, 0.717) is 28.3 Å². The number of H-pyrrole nitrogens is 1. The summed E-state index contributed by atoms with van der Waals surface area (Å²) in [7, 11) is 2.03. The second-order valence-corrected chi connectivity index (χ2v) is 7.76. The van der Waals surface area contributed by atoms with E-state index in [1.54, 1.807) is 29.9 Å². The number of hydrogen-bond donors (Lipinski definition) is 2. The number of hydrogen-bond acceptors (Lipinski definition) is 6. The number of imidazole rings is 1. The minimum Gasteiger partial charge on any atom is -0.370 e. The standard InChI is InChI=1S/C21H22FN7O/c1-12-10-29-11-13(7-17(22)20(29)25-12)18-26-19-16(21(30)27-18)8-15(9-24-19)28(2)14-3-5-23-6-4-14/h7-11,14,23H,3-6H2,1-2H3,(H,24,26,27,30). The van der Waals surface area contributed by atoms with Gasteiger partial charge in [0, 0.05) is 31.0 Å². The molecule has 8 nitrogen and oxygen atoms in total.